The lowest BCUT2D eigenvalue weighted by Gasteiger charge is -2.22. The summed E-state index contributed by atoms with van der Waals surface area (Å²) >= 11 is 0. The Hall–Kier alpha value is -3.68. The summed E-state index contributed by atoms with van der Waals surface area (Å²) in [5.41, 5.74) is 3.11. The summed E-state index contributed by atoms with van der Waals surface area (Å²) in [7, 11) is 1.31. The van der Waals surface area contributed by atoms with Gasteiger partial charge in [0, 0.05) is 31.0 Å². The van der Waals surface area contributed by atoms with Crippen LogP contribution in [0, 0.1) is 13.8 Å². The molecule has 1 aromatic heterocycles. The van der Waals surface area contributed by atoms with Gasteiger partial charge in [0.1, 0.15) is 11.3 Å². The predicted octanol–water partition coefficient (Wildman–Crippen LogP) is 2.11. The lowest BCUT2D eigenvalue weighted by molar-refractivity contribution is -0.132. The molecule has 144 valence electrons. The molecule has 1 aliphatic rings. The van der Waals surface area contributed by atoms with Crippen LogP contribution >= 0.6 is 0 Å². The summed E-state index contributed by atoms with van der Waals surface area (Å²) in [6.07, 6.45) is 1.48. The number of rotatable bonds is 3. The van der Waals surface area contributed by atoms with E-state index in [0.717, 1.165) is 22.0 Å². The molecule has 3 rings (SSSR count). The Bertz CT molecular complexity index is 1030. The number of likely N-dealkylation sites (N-methyl/N-ethyl adjacent to an activating group) is 1. The first-order valence-electron chi connectivity index (χ1n) is 8.52. The average Bonchev–Trinajstić information content (AvgIpc) is 2.91. The number of benzene rings is 1. The van der Waals surface area contributed by atoms with E-state index in [-0.39, 0.29) is 5.57 Å². The number of urea groups is 1. The summed E-state index contributed by atoms with van der Waals surface area (Å²) in [6, 6.07) is 8.09. The van der Waals surface area contributed by atoms with Gasteiger partial charge in [-0.1, -0.05) is 0 Å². The van der Waals surface area contributed by atoms with Crippen molar-refractivity contribution in [3.05, 3.63) is 52.9 Å². The van der Waals surface area contributed by atoms with Crippen molar-refractivity contribution in [2.24, 2.45) is 0 Å². The minimum absolute atomic E-state index is 0.104. The molecule has 2 aromatic rings. The van der Waals surface area contributed by atoms with E-state index in [1.807, 2.05) is 24.5 Å². The first-order valence-corrected chi connectivity index (χ1v) is 8.52. The quantitative estimate of drug-likeness (QED) is 0.380. The van der Waals surface area contributed by atoms with Crippen LogP contribution < -0.4 is 10.1 Å². The van der Waals surface area contributed by atoms with Crippen LogP contribution in [-0.4, -0.2) is 40.3 Å². The number of carbonyl (C=O) groups excluding carboxylic acids is 4. The van der Waals surface area contributed by atoms with Crippen LogP contribution in [0.2, 0.25) is 0 Å². The maximum Gasteiger partial charge on any atom is 0.331 e. The minimum Gasteiger partial charge on any atom is -0.427 e. The molecule has 1 N–H and O–H groups in total. The number of aryl methyl sites for hydroxylation is 1. The van der Waals surface area contributed by atoms with Gasteiger partial charge in [0.25, 0.3) is 11.8 Å². The molecule has 8 heteroatoms. The number of ether oxygens (including phenoxy) is 1. The van der Waals surface area contributed by atoms with Gasteiger partial charge in [-0.2, -0.15) is 0 Å². The van der Waals surface area contributed by atoms with Crippen molar-refractivity contribution >= 4 is 29.9 Å². The highest BCUT2D eigenvalue weighted by molar-refractivity contribution is 6.30. The number of nitrogens with zero attached hydrogens (tertiary/aromatic N) is 2. The minimum atomic E-state index is -0.745. The van der Waals surface area contributed by atoms with Gasteiger partial charge >= 0.3 is 12.0 Å². The maximum absolute atomic E-state index is 12.3. The first kappa shape index (κ1) is 19.1. The topological polar surface area (TPSA) is 97.7 Å². The number of hydrogen-bond donors (Lipinski definition) is 1. The number of amides is 4. The van der Waals surface area contributed by atoms with E-state index < -0.39 is 23.8 Å². The van der Waals surface area contributed by atoms with Crippen LogP contribution in [0.4, 0.5) is 4.79 Å². The summed E-state index contributed by atoms with van der Waals surface area (Å²) in [5, 5.41) is 2.13. The highest BCUT2D eigenvalue weighted by Gasteiger charge is 2.33. The van der Waals surface area contributed by atoms with Crippen molar-refractivity contribution in [2.75, 3.05) is 7.05 Å². The van der Waals surface area contributed by atoms with Gasteiger partial charge in [0.2, 0.25) is 0 Å². The Morgan fingerprint density at radius 3 is 2.36 bits per heavy atom. The van der Waals surface area contributed by atoms with Crippen LogP contribution in [0.1, 0.15) is 23.9 Å². The third kappa shape index (κ3) is 3.44. The summed E-state index contributed by atoms with van der Waals surface area (Å²) in [5.74, 6) is -1.32. The molecule has 1 aromatic carbocycles. The number of carbonyl (C=O) groups is 4. The van der Waals surface area contributed by atoms with Crippen LogP contribution in [0.15, 0.2) is 35.9 Å². The Morgan fingerprint density at radius 1 is 1.11 bits per heavy atom. The molecule has 0 unspecified atom stereocenters. The SMILES string of the molecule is CC(=O)Oc1ccc(-n2c(C)cc(/C=C3/C(=O)NC(=O)N(C)C3=O)c2C)cc1. The van der Waals surface area contributed by atoms with Gasteiger partial charge in [0.05, 0.1) is 0 Å². The fourth-order valence-corrected chi connectivity index (χ4v) is 3.06. The average molecular weight is 381 g/mol. The molecule has 0 aliphatic carbocycles. The van der Waals surface area contributed by atoms with Gasteiger partial charge in [-0.15, -0.1) is 0 Å². The van der Waals surface area contributed by atoms with Gasteiger partial charge in [-0.3, -0.25) is 24.6 Å². The van der Waals surface area contributed by atoms with Gasteiger partial charge in [-0.05, 0) is 55.8 Å². The second-order valence-electron chi connectivity index (χ2n) is 6.43. The Morgan fingerprint density at radius 2 is 1.75 bits per heavy atom. The second kappa shape index (κ2) is 7.15. The number of hydrogen-bond acceptors (Lipinski definition) is 5. The normalized spacial score (nSPS) is 15.8. The summed E-state index contributed by atoms with van der Waals surface area (Å²) < 4.78 is 6.99. The first-order chi connectivity index (χ1) is 13.2. The largest absolute Gasteiger partial charge is 0.427 e. The fourth-order valence-electron chi connectivity index (χ4n) is 3.06. The predicted molar refractivity (Wildman–Crippen MR) is 101 cm³/mol. The lowest BCUT2D eigenvalue weighted by atomic mass is 10.1. The molecule has 2 heterocycles. The van der Waals surface area contributed by atoms with Gasteiger partial charge in [-0.25, -0.2) is 4.79 Å². The molecule has 0 atom stereocenters. The third-order valence-corrected chi connectivity index (χ3v) is 4.43. The van der Waals surface area contributed by atoms with E-state index in [0.29, 0.717) is 11.3 Å². The number of imide groups is 2. The van der Waals surface area contributed by atoms with Crippen molar-refractivity contribution in [2.45, 2.75) is 20.8 Å². The molecular formula is C20H19N3O5. The van der Waals surface area contributed by atoms with Crippen molar-refractivity contribution < 1.29 is 23.9 Å². The highest BCUT2D eigenvalue weighted by atomic mass is 16.5. The van der Waals surface area contributed by atoms with E-state index in [9.17, 15) is 19.2 Å². The standard InChI is InChI=1S/C20H19N3O5/c1-11-9-14(10-17-18(25)21-20(27)22(4)19(17)26)12(2)23(11)15-5-7-16(8-6-15)28-13(3)24/h5-10H,1-4H3,(H,21,25,27)/b17-10-. The smallest absolute Gasteiger partial charge is 0.331 e. The molecule has 0 spiro atoms. The number of esters is 1. The van der Waals surface area contributed by atoms with E-state index in [4.69, 9.17) is 4.74 Å². The Balaban J connectivity index is 1.98. The van der Waals surface area contributed by atoms with Crippen molar-refractivity contribution in [1.29, 1.82) is 0 Å². The van der Waals surface area contributed by atoms with Gasteiger partial charge < -0.3 is 9.30 Å². The molecule has 0 radical (unpaired) electrons. The number of barbiturate groups is 1. The summed E-state index contributed by atoms with van der Waals surface area (Å²) in [4.78, 5) is 47.8. The van der Waals surface area contributed by atoms with Crippen LogP contribution in [0.3, 0.4) is 0 Å². The molecule has 1 fully saturated rings. The fraction of sp³-hybridized carbons (Fsp3) is 0.200. The van der Waals surface area contributed by atoms with Crippen molar-refractivity contribution in [3.8, 4) is 11.4 Å². The van der Waals surface area contributed by atoms with E-state index in [2.05, 4.69) is 5.32 Å². The number of aromatic nitrogens is 1. The van der Waals surface area contributed by atoms with Crippen LogP contribution in [-0.2, 0) is 14.4 Å². The zero-order valence-electron chi connectivity index (χ0n) is 15.9. The van der Waals surface area contributed by atoms with Crippen molar-refractivity contribution in [1.82, 2.24) is 14.8 Å². The molecule has 8 nitrogen and oxygen atoms in total. The zero-order chi connectivity index (χ0) is 20.6. The second-order valence-corrected chi connectivity index (χ2v) is 6.43. The third-order valence-electron chi connectivity index (χ3n) is 4.43. The number of nitrogens with one attached hydrogen (secondary N) is 1. The zero-order valence-corrected chi connectivity index (χ0v) is 15.9. The molecule has 28 heavy (non-hydrogen) atoms. The lowest BCUT2D eigenvalue weighted by Crippen LogP contribution is -2.52. The molecule has 0 saturated carbocycles. The van der Waals surface area contributed by atoms with E-state index in [1.54, 1.807) is 24.3 Å². The Labute approximate surface area is 161 Å². The maximum atomic E-state index is 12.3. The highest BCUT2D eigenvalue weighted by Crippen LogP contribution is 2.25. The van der Waals surface area contributed by atoms with E-state index >= 15 is 0 Å². The molecule has 1 aliphatic heterocycles. The van der Waals surface area contributed by atoms with Crippen molar-refractivity contribution in [3.63, 3.8) is 0 Å². The summed E-state index contributed by atoms with van der Waals surface area (Å²) in [6.45, 7) is 5.09. The van der Waals surface area contributed by atoms with E-state index in [1.165, 1.54) is 20.0 Å². The van der Waals surface area contributed by atoms with Crippen LogP contribution in [0.25, 0.3) is 11.8 Å². The monoisotopic (exact) mass is 381 g/mol. The Kier molecular flexibility index (Phi) is 4.87. The molecule has 0 bridgehead atoms. The molecule has 4 amide bonds. The molecular weight excluding hydrogens is 362 g/mol. The molecule has 1 saturated heterocycles. The van der Waals surface area contributed by atoms with Gasteiger partial charge in [0.15, 0.2) is 0 Å². The van der Waals surface area contributed by atoms with Crippen LogP contribution in [0.5, 0.6) is 5.75 Å².